The van der Waals surface area contributed by atoms with E-state index in [9.17, 15) is 14.4 Å². The van der Waals surface area contributed by atoms with Gasteiger partial charge in [-0.05, 0) is 54.6 Å². The van der Waals surface area contributed by atoms with Crippen LogP contribution in [-0.2, 0) is 9.59 Å². The molecule has 0 bridgehead atoms. The summed E-state index contributed by atoms with van der Waals surface area (Å²) in [6.07, 6.45) is 0. The van der Waals surface area contributed by atoms with Gasteiger partial charge in [0.15, 0.2) is 6.61 Å². The second-order valence-corrected chi connectivity index (χ2v) is 6.85. The minimum absolute atomic E-state index is 0.214. The Balaban J connectivity index is 1.64. The Kier molecular flexibility index (Phi) is 7.24. The van der Waals surface area contributed by atoms with Gasteiger partial charge in [0, 0.05) is 17.5 Å². The van der Waals surface area contributed by atoms with Gasteiger partial charge in [0.05, 0.1) is 11.4 Å². The molecule has 0 aromatic heterocycles. The summed E-state index contributed by atoms with van der Waals surface area (Å²) < 4.78 is 10.4. The summed E-state index contributed by atoms with van der Waals surface area (Å²) in [5, 5.41) is 6.02. The topological polar surface area (TPSA) is 93.7 Å². The maximum absolute atomic E-state index is 12.6. The van der Waals surface area contributed by atoms with Crippen LogP contribution >= 0.6 is 11.6 Å². The number of amides is 2. The van der Waals surface area contributed by atoms with Gasteiger partial charge in [-0.3, -0.25) is 14.4 Å². The predicted octanol–water partition coefficient (Wildman–Crippen LogP) is 4.54. The summed E-state index contributed by atoms with van der Waals surface area (Å²) in [4.78, 5) is 36.0. The standard InChI is InChI=1S/C23H19ClN2O5/c1-15(27)31-19-6-4-5-16(13-19)23(29)26-21-8-3-2-7-20(21)25-22(28)14-30-18-11-9-17(24)10-12-18/h2-13H,14H2,1H3,(H,25,28)(H,26,29). The first kappa shape index (κ1) is 21.9. The zero-order valence-corrected chi connectivity index (χ0v) is 17.3. The van der Waals surface area contributed by atoms with Crippen LogP contribution in [0.3, 0.4) is 0 Å². The van der Waals surface area contributed by atoms with Crippen LogP contribution in [0.5, 0.6) is 11.5 Å². The van der Waals surface area contributed by atoms with Crippen LogP contribution in [0.15, 0.2) is 72.8 Å². The van der Waals surface area contributed by atoms with Crippen LogP contribution in [0, 0.1) is 0 Å². The van der Waals surface area contributed by atoms with Gasteiger partial charge in [-0.1, -0.05) is 29.8 Å². The molecule has 3 aromatic rings. The van der Waals surface area contributed by atoms with Crippen molar-refractivity contribution in [1.29, 1.82) is 0 Å². The summed E-state index contributed by atoms with van der Waals surface area (Å²) in [6.45, 7) is 1.07. The van der Waals surface area contributed by atoms with E-state index < -0.39 is 17.8 Å². The van der Waals surface area contributed by atoms with Gasteiger partial charge < -0.3 is 20.1 Å². The molecule has 0 atom stereocenters. The molecule has 7 nitrogen and oxygen atoms in total. The third-order valence-electron chi connectivity index (χ3n) is 3.99. The number of anilines is 2. The Morgan fingerprint density at radius 1 is 0.839 bits per heavy atom. The van der Waals surface area contributed by atoms with Crippen molar-refractivity contribution in [1.82, 2.24) is 0 Å². The SMILES string of the molecule is CC(=O)Oc1cccc(C(=O)Nc2ccccc2NC(=O)COc2ccc(Cl)cc2)c1. The van der Waals surface area contributed by atoms with Gasteiger partial charge in [0.2, 0.25) is 0 Å². The van der Waals surface area contributed by atoms with Crippen LogP contribution in [-0.4, -0.2) is 24.4 Å². The van der Waals surface area contributed by atoms with Crippen LogP contribution in [0.4, 0.5) is 11.4 Å². The van der Waals surface area contributed by atoms with E-state index in [-0.39, 0.29) is 12.4 Å². The van der Waals surface area contributed by atoms with E-state index in [2.05, 4.69) is 10.6 Å². The summed E-state index contributed by atoms with van der Waals surface area (Å²) in [6, 6.07) is 19.6. The lowest BCUT2D eigenvalue weighted by Gasteiger charge is -2.13. The van der Waals surface area contributed by atoms with E-state index in [1.807, 2.05) is 0 Å². The number of hydrogen-bond donors (Lipinski definition) is 2. The monoisotopic (exact) mass is 438 g/mol. The summed E-state index contributed by atoms with van der Waals surface area (Å²) in [5.74, 6) is -0.525. The van der Waals surface area contributed by atoms with Crippen molar-refractivity contribution < 1.29 is 23.9 Å². The molecule has 0 heterocycles. The van der Waals surface area contributed by atoms with Crippen LogP contribution in [0.1, 0.15) is 17.3 Å². The maximum atomic E-state index is 12.6. The van der Waals surface area contributed by atoms with Gasteiger partial charge in [0.1, 0.15) is 11.5 Å². The van der Waals surface area contributed by atoms with Crippen molar-refractivity contribution in [3.05, 3.63) is 83.4 Å². The zero-order chi connectivity index (χ0) is 22.2. The van der Waals surface area contributed by atoms with Crippen molar-refractivity contribution in [3.63, 3.8) is 0 Å². The maximum Gasteiger partial charge on any atom is 0.308 e. The first-order valence-corrected chi connectivity index (χ1v) is 9.65. The van der Waals surface area contributed by atoms with Crippen LogP contribution < -0.4 is 20.1 Å². The first-order valence-electron chi connectivity index (χ1n) is 9.28. The predicted molar refractivity (Wildman–Crippen MR) is 118 cm³/mol. The quantitative estimate of drug-likeness (QED) is 0.417. The molecule has 0 radical (unpaired) electrons. The van der Waals surface area contributed by atoms with Crippen LogP contribution in [0.25, 0.3) is 0 Å². The minimum Gasteiger partial charge on any atom is -0.484 e. The molecule has 0 unspecified atom stereocenters. The number of rotatable bonds is 7. The molecule has 0 saturated carbocycles. The van der Waals surface area contributed by atoms with Crippen molar-refractivity contribution in [3.8, 4) is 11.5 Å². The van der Waals surface area contributed by atoms with Gasteiger partial charge >= 0.3 is 5.97 Å². The number of nitrogens with one attached hydrogen (secondary N) is 2. The summed E-state index contributed by atoms with van der Waals surface area (Å²) in [7, 11) is 0. The lowest BCUT2D eigenvalue weighted by atomic mass is 10.2. The number of hydrogen-bond acceptors (Lipinski definition) is 5. The van der Waals surface area contributed by atoms with E-state index in [4.69, 9.17) is 21.1 Å². The number of ether oxygens (including phenoxy) is 2. The van der Waals surface area contributed by atoms with Gasteiger partial charge in [0.25, 0.3) is 11.8 Å². The number of esters is 1. The molecule has 0 fully saturated rings. The second-order valence-electron chi connectivity index (χ2n) is 6.41. The van der Waals surface area contributed by atoms with Crippen molar-refractivity contribution in [2.75, 3.05) is 17.2 Å². The van der Waals surface area contributed by atoms with E-state index in [0.29, 0.717) is 27.7 Å². The molecule has 158 valence electrons. The molecule has 0 aliphatic heterocycles. The van der Waals surface area contributed by atoms with E-state index >= 15 is 0 Å². The first-order chi connectivity index (χ1) is 14.9. The molecule has 3 aromatic carbocycles. The molecule has 2 N–H and O–H groups in total. The minimum atomic E-state index is -0.480. The number of carbonyl (C=O) groups excluding carboxylic acids is 3. The Bertz CT molecular complexity index is 1100. The molecule has 0 saturated heterocycles. The Hall–Kier alpha value is -3.84. The van der Waals surface area contributed by atoms with Crippen LogP contribution in [0.2, 0.25) is 5.02 Å². The number of benzene rings is 3. The van der Waals surface area contributed by atoms with E-state index in [1.165, 1.54) is 13.0 Å². The third kappa shape index (κ3) is 6.58. The number of para-hydroxylation sites is 2. The summed E-state index contributed by atoms with van der Waals surface area (Å²) >= 11 is 5.82. The highest BCUT2D eigenvalue weighted by Gasteiger charge is 2.12. The average molecular weight is 439 g/mol. The number of halogens is 1. The van der Waals surface area contributed by atoms with Crippen molar-refractivity contribution >= 4 is 40.8 Å². The Morgan fingerprint density at radius 2 is 1.52 bits per heavy atom. The molecule has 2 amide bonds. The fourth-order valence-corrected chi connectivity index (χ4v) is 2.75. The fraction of sp³-hybridized carbons (Fsp3) is 0.0870. The third-order valence-corrected chi connectivity index (χ3v) is 4.24. The molecular formula is C23H19ClN2O5. The molecule has 8 heteroatoms. The molecule has 31 heavy (non-hydrogen) atoms. The van der Waals surface area contributed by atoms with E-state index in [1.54, 1.807) is 66.7 Å². The molecule has 0 spiro atoms. The molecule has 3 rings (SSSR count). The highest BCUT2D eigenvalue weighted by atomic mass is 35.5. The highest BCUT2D eigenvalue weighted by molar-refractivity contribution is 6.30. The van der Waals surface area contributed by atoms with Gasteiger partial charge in [-0.15, -0.1) is 0 Å². The van der Waals surface area contributed by atoms with E-state index in [0.717, 1.165) is 0 Å². The van der Waals surface area contributed by atoms with Crippen molar-refractivity contribution in [2.24, 2.45) is 0 Å². The zero-order valence-electron chi connectivity index (χ0n) is 16.6. The largest absolute Gasteiger partial charge is 0.484 e. The number of carbonyl (C=O) groups is 3. The summed E-state index contributed by atoms with van der Waals surface area (Å²) in [5.41, 5.74) is 1.12. The normalized spacial score (nSPS) is 10.1. The van der Waals surface area contributed by atoms with Crippen molar-refractivity contribution in [2.45, 2.75) is 6.92 Å². The molecule has 0 aliphatic rings. The Morgan fingerprint density at radius 3 is 2.19 bits per heavy atom. The van der Waals surface area contributed by atoms with Gasteiger partial charge in [-0.2, -0.15) is 0 Å². The molecule has 0 aliphatic carbocycles. The van der Waals surface area contributed by atoms with Gasteiger partial charge in [-0.25, -0.2) is 0 Å². The lowest BCUT2D eigenvalue weighted by molar-refractivity contribution is -0.131. The fourth-order valence-electron chi connectivity index (χ4n) is 2.63. The smallest absolute Gasteiger partial charge is 0.308 e. The highest BCUT2D eigenvalue weighted by Crippen LogP contribution is 2.23. The molecular weight excluding hydrogens is 420 g/mol. The second kappa shape index (κ2) is 10.3. The lowest BCUT2D eigenvalue weighted by Crippen LogP contribution is -2.21. The average Bonchev–Trinajstić information content (AvgIpc) is 2.74. The Labute approximate surface area is 183 Å².